The molecule has 2 aromatic rings. The van der Waals surface area contributed by atoms with Crippen molar-refractivity contribution >= 4 is 11.8 Å². The van der Waals surface area contributed by atoms with E-state index in [2.05, 4.69) is 4.98 Å². The van der Waals surface area contributed by atoms with Gasteiger partial charge in [0.05, 0.1) is 5.69 Å². The molecule has 1 saturated heterocycles. The number of nitrogens with zero attached hydrogens (tertiary/aromatic N) is 3. The van der Waals surface area contributed by atoms with Gasteiger partial charge in [0.15, 0.2) is 0 Å². The molecule has 0 unspecified atom stereocenters. The predicted octanol–water partition coefficient (Wildman–Crippen LogP) is 3.22. The molecular formula is C22H25N3O2. The summed E-state index contributed by atoms with van der Waals surface area (Å²) < 4.78 is 0. The van der Waals surface area contributed by atoms with Crippen molar-refractivity contribution in [1.82, 2.24) is 14.8 Å². The maximum Gasteiger partial charge on any atom is 0.253 e. The van der Waals surface area contributed by atoms with E-state index in [1.165, 1.54) is 12.8 Å². The standard InChI is InChI=1S/C22H25N3O2/c26-21(17-6-1-2-7-17)24-12-14-25(15-13-24)22(27)19-9-5-8-18(16-19)20-10-3-4-11-23-20/h3-5,8-11,16-17H,1-2,6-7,12-15H2. The van der Waals surface area contributed by atoms with Crippen LogP contribution in [0, 0.1) is 5.92 Å². The second kappa shape index (κ2) is 7.91. The summed E-state index contributed by atoms with van der Waals surface area (Å²) in [6, 6.07) is 13.4. The highest BCUT2D eigenvalue weighted by Crippen LogP contribution is 2.27. The third-order valence-electron chi connectivity index (χ3n) is 5.65. The highest BCUT2D eigenvalue weighted by Gasteiger charge is 2.30. The lowest BCUT2D eigenvalue weighted by Gasteiger charge is -2.36. The van der Waals surface area contributed by atoms with Gasteiger partial charge < -0.3 is 9.80 Å². The van der Waals surface area contributed by atoms with Crippen molar-refractivity contribution in [2.24, 2.45) is 5.92 Å². The van der Waals surface area contributed by atoms with Crippen molar-refractivity contribution in [2.45, 2.75) is 25.7 Å². The number of benzene rings is 1. The van der Waals surface area contributed by atoms with Gasteiger partial charge in [-0.2, -0.15) is 0 Å². The second-order valence-electron chi connectivity index (χ2n) is 7.39. The first-order chi connectivity index (χ1) is 13.2. The van der Waals surface area contributed by atoms with Crippen LogP contribution in [0.5, 0.6) is 0 Å². The van der Waals surface area contributed by atoms with Crippen LogP contribution in [0.15, 0.2) is 48.7 Å². The molecular weight excluding hydrogens is 338 g/mol. The Morgan fingerprint density at radius 3 is 2.33 bits per heavy atom. The predicted molar refractivity (Wildman–Crippen MR) is 104 cm³/mol. The molecule has 2 amide bonds. The number of hydrogen-bond acceptors (Lipinski definition) is 3. The molecule has 1 aromatic heterocycles. The van der Waals surface area contributed by atoms with Gasteiger partial charge in [-0.15, -0.1) is 0 Å². The van der Waals surface area contributed by atoms with Crippen molar-refractivity contribution in [2.75, 3.05) is 26.2 Å². The lowest BCUT2D eigenvalue weighted by atomic mass is 10.1. The summed E-state index contributed by atoms with van der Waals surface area (Å²) in [5.74, 6) is 0.528. The van der Waals surface area contributed by atoms with E-state index in [-0.39, 0.29) is 17.7 Å². The Bertz CT molecular complexity index is 807. The molecule has 1 saturated carbocycles. The smallest absolute Gasteiger partial charge is 0.253 e. The summed E-state index contributed by atoms with van der Waals surface area (Å²) in [4.78, 5) is 33.6. The van der Waals surface area contributed by atoms with Crippen LogP contribution in [0.1, 0.15) is 36.0 Å². The SMILES string of the molecule is O=C(c1cccc(-c2ccccn2)c1)N1CCN(C(=O)C2CCCC2)CC1. The molecule has 1 aromatic carbocycles. The Labute approximate surface area is 160 Å². The molecule has 2 aliphatic rings. The maximum absolute atomic E-state index is 12.9. The molecule has 1 aliphatic carbocycles. The highest BCUT2D eigenvalue weighted by atomic mass is 16.2. The molecule has 0 atom stereocenters. The Kier molecular flexibility index (Phi) is 5.19. The summed E-state index contributed by atoms with van der Waals surface area (Å²) in [5, 5.41) is 0. The highest BCUT2D eigenvalue weighted by molar-refractivity contribution is 5.95. The number of rotatable bonds is 3. The zero-order chi connectivity index (χ0) is 18.6. The van der Waals surface area contributed by atoms with Gasteiger partial charge in [-0.05, 0) is 37.1 Å². The molecule has 4 rings (SSSR count). The Balaban J connectivity index is 1.40. The van der Waals surface area contributed by atoms with Gasteiger partial charge in [0.2, 0.25) is 5.91 Å². The van der Waals surface area contributed by atoms with Crippen LogP contribution in [0.2, 0.25) is 0 Å². The van der Waals surface area contributed by atoms with Crippen molar-refractivity contribution in [3.8, 4) is 11.3 Å². The number of piperazine rings is 1. The van der Waals surface area contributed by atoms with Crippen molar-refractivity contribution in [1.29, 1.82) is 0 Å². The number of pyridine rings is 1. The van der Waals surface area contributed by atoms with E-state index in [4.69, 9.17) is 0 Å². The average Bonchev–Trinajstić information content (AvgIpc) is 3.28. The van der Waals surface area contributed by atoms with E-state index in [9.17, 15) is 9.59 Å². The lowest BCUT2D eigenvalue weighted by molar-refractivity contribution is -0.136. The Hall–Kier alpha value is -2.69. The van der Waals surface area contributed by atoms with Crippen LogP contribution in [0.4, 0.5) is 0 Å². The van der Waals surface area contributed by atoms with Gasteiger partial charge >= 0.3 is 0 Å². The molecule has 0 bridgehead atoms. The summed E-state index contributed by atoms with van der Waals surface area (Å²) in [6.45, 7) is 2.48. The van der Waals surface area contributed by atoms with Gasteiger partial charge in [-0.25, -0.2) is 0 Å². The number of aromatic nitrogens is 1. The maximum atomic E-state index is 12.9. The topological polar surface area (TPSA) is 53.5 Å². The third kappa shape index (κ3) is 3.87. The van der Waals surface area contributed by atoms with Crippen molar-refractivity contribution < 1.29 is 9.59 Å². The molecule has 27 heavy (non-hydrogen) atoms. The van der Waals surface area contributed by atoms with Gasteiger partial charge in [-0.1, -0.05) is 31.0 Å². The third-order valence-corrected chi connectivity index (χ3v) is 5.65. The van der Waals surface area contributed by atoms with Crippen LogP contribution < -0.4 is 0 Å². The van der Waals surface area contributed by atoms with E-state index < -0.39 is 0 Å². The second-order valence-corrected chi connectivity index (χ2v) is 7.39. The minimum absolute atomic E-state index is 0.0285. The summed E-state index contributed by atoms with van der Waals surface area (Å²) >= 11 is 0. The average molecular weight is 363 g/mol. The zero-order valence-corrected chi connectivity index (χ0v) is 15.5. The first kappa shape index (κ1) is 17.7. The quantitative estimate of drug-likeness (QED) is 0.841. The fourth-order valence-corrected chi connectivity index (χ4v) is 4.09. The largest absolute Gasteiger partial charge is 0.339 e. The van der Waals surface area contributed by atoms with E-state index in [1.54, 1.807) is 6.20 Å². The summed E-state index contributed by atoms with van der Waals surface area (Å²) in [7, 11) is 0. The van der Waals surface area contributed by atoms with Crippen molar-refractivity contribution in [3.63, 3.8) is 0 Å². The van der Waals surface area contributed by atoms with E-state index in [0.29, 0.717) is 31.7 Å². The molecule has 2 heterocycles. The first-order valence-corrected chi connectivity index (χ1v) is 9.82. The van der Waals surface area contributed by atoms with Crippen LogP contribution in [0.3, 0.4) is 0 Å². The van der Waals surface area contributed by atoms with Gasteiger partial charge in [-0.3, -0.25) is 14.6 Å². The number of carbonyl (C=O) groups excluding carboxylic acids is 2. The minimum atomic E-state index is 0.0285. The Morgan fingerprint density at radius 1 is 0.889 bits per heavy atom. The monoisotopic (exact) mass is 363 g/mol. The van der Waals surface area contributed by atoms with Crippen LogP contribution >= 0.6 is 0 Å². The zero-order valence-electron chi connectivity index (χ0n) is 15.5. The fourth-order valence-electron chi connectivity index (χ4n) is 4.09. The summed E-state index contributed by atoms with van der Waals surface area (Å²) in [5.41, 5.74) is 2.48. The van der Waals surface area contributed by atoms with Crippen molar-refractivity contribution in [3.05, 3.63) is 54.2 Å². The molecule has 2 fully saturated rings. The number of carbonyl (C=O) groups is 2. The van der Waals surface area contributed by atoms with Crippen LogP contribution in [-0.4, -0.2) is 52.8 Å². The fraction of sp³-hybridized carbons (Fsp3) is 0.409. The van der Waals surface area contributed by atoms with E-state index >= 15 is 0 Å². The number of hydrogen-bond donors (Lipinski definition) is 0. The minimum Gasteiger partial charge on any atom is -0.339 e. The molecule has 0 radical (unpaired) electrons. The molecule has 140 valence electrons. The Morgan fingerprint density at radius 2 is 1.63 bits per heavy atom. The number of amides is 2. The van der Waals surface area contributed by atoms with Gasteiger partial charge in [0.1, 0.15) is 0 Å². The summed E-state index contributed by atoms with van der Waals surface area (Å²) in [6.07, 6.45) is 6.14. The van der Waals surface area contributed by atoms with Gasteiger partial charge in [0.25, 0.3) is 5.91 Å². The lowest BCUT2D eigenvalue weighted by Crippen LogP contribution is -2.51. The molecule has 5 heteroatoms. The normalized spacial score (nSPS) is 17.9. The molecule has 5 nitrogen and oxygen atoms in total. The van der Waals surface area contributed by atoms with E-state index in [1.807, 2.05) is 52.3 Å². The van der Waals surface area contributed by atoms with Crippen LogP contribution in [-0.2, 0) is 4.79 Å². The molecule has 0 spiro atoms. The van der Waals surface area contributed by atoms with Crippen LogP contribution in [0.25, 0.3) is 11.3 Å². The molecule has 1 aliphatic heterocycles. The van der Waals surface area contributed by atoms with Gasteiger partial charge in [0, 0.05) is 49.4 Å². The molecule has 0 N–H and O–H groups in total. The van der Waals surface area contributed by atoms with E-state index in [0.717, 1.165) is 24.1 Å². The first-order valence-electron chi connectivity index (χ1n) is 9.82.